The molecule has 38 heavy (non-hydrogen) atoms. The fraction of sp³-hybridized carbons (Fsp3) is 0.0286. The summed E-state index contributed by atoms with van der Waals surface area (Å²) in [5.41, 5.74) is 10.6. The quantitative estimate of drug-likeness (QED) is 0.174. The molecule has 8 rings (SSSR count). The molecule has 0 fully saturated rings. The van der Waals surface area contributed by atoms with Crippen LogP contribution in [0.25, 0.3) is 43.9 Å². The molecular formula is C35H24N3+. The van der Waals surface area contributed by atoms with E-state index in [4.69, 9.17) is 6.42 Å². The maximum Gasteiger partial charge on any atom is 0.143 e. The molecule has 8 aromatic rings. The molecule has 3 heteroatoms. The second kappa shape index (κ2) is 7.49. The van der Waals surface area contributed by atoms with Crippen LogP contribution in [0.1, 0.15) is 5.56 Å². The van der Waals surface area contributed by atoms with Crippen LogP contribution in [0.5, 0.6) is 0 Å². The van der Waals surface area contributed by atoms with Gasteiger partial charge in [-0.1, -0.05) is 54.5 Å². The summed E-state index contributed by atoms with van der Waals surface area (Å²) in [6, 6.07) is 43.5. The molecule has 0 saturated carbocycles. The number of aromatic nitrogens is 2. The van der Waals surface area contributed by atoms with E-state index in [1.807, 2.05) is 12.1 Å². The van der Waals surface area contributed by atoms with Gasteiger partial charge in [-0.05, 0) is 48.5 Å². The van der Waals surface area contributed by atoms with Crippen LogP contribution in [0.2, 0.25) is 0 Å². The first-order chi connectivity index (χ1) is 18.7. The van der Waals surface area contributed by atoms with E-state index in [2.05, 4.69) is 131 Å². The summed E-state index contributed by atoms with van der Waals surface area (Å²) in [5.74, 6) is 2.75. The Morgan fingerprint density at radius 2 is 1.11 bits per heavy atom. The fourth-order valence-corrected chi connectivity index (χ4v) is 6.37. The minimum absolute atomic E-state index is 0.531. The van der Waals surface area contributed by atoms with Gasteiger partial charge in [-0.3, -0.25) is 8.80 Å². The molecule has 178 valence electrons. The summed E-state index contributed by atoms with van der Waals surface area (Å²) in [6.07, 6.45) is 5.68. The van der Waals surface area contributed by atoms with Crippen molar-refractivity contribution in [2.24, 2.45) is 0 Å². The maximum atomic E-state index is 5.68. The van der Waals surface area contributed by atoms with Crippen molar-refractivity contribution in [3.05, 3.63) is 127 Å². The molecule has 0 aliphatic rings. The smallest absolute Gasteiger partial charge is 0.143 e. The second-order valence-electron chi connectivity index (χ2n) is 10.1. The molecule has 0 N–H and O–H groups in total. The minimum atomic E-state index is 0.531. The molecule has 1 unspecified atom stereocenters. The second-order valence-corrected chi connectivity index (χ2v) is 10.1. The number of rotatable bonds is 3. The number of benzene rings is 5. The Balaban J connectivity index is 1.50. The van der Waals surface area contributed by atoms with Gasteiger partial charge in [0.25, 0.3) is 0 Å². The van der Waals surface area contributed by atoms with E-state index in [-0.39, 0.29) is 0 Å². The van der Waals surface area contributed by atoms with Gasteiger partial charge in [-0.15, -0.1) is 6.42 Å². The minimum Gasteiger partial charge on any atom is -0.293 e. The van der Waals surface area contributed by atoms with Crippen LogP contribution in [0.15, 0.2) is 121 Å². The maximum absolute atomic E-state index is 5.68. The third-order valence-corrected chi connectivity index (χ3v) is 8.25. The van der Waals surface area contributed by atoms with Gasteiger partial charge in [0, 0.05) is 46.0 Å². The third kappa shape index (κ3) is 2.57. The molecule has 0 radical (unpaired) electrons. The van der Waals surface area contributed by atoms with Crippen LogP contribution in [0.3, 0.4) is 0 Å². The van der Waals surface area contributed by atoms with Gasteiger partial charge in [-0.2, -0.15) is 0 Å². The summed E-state index contributed by atoms with van der Waals surface area (Å²) in [4.78, 5) is 0. The van der Waals surface area contributed by atoms with Crippen LogP contribution in [-0.2, 0) is 0 Å². The standard InChI is InChI=1S/C35H24N3/c1-3-24-17-19-26(20-18-24)38(2,25-11-5-4-6-12-25)27-21-22-31-29(23-27)34-28-13-7-8-14-30(28)36-32-15-9-10-16-33(32)37(31)35(34)36/h1,4-23H,2H3/q+1. The van der Waals surface area contributed by atoms with E-state index in [1.54, 1.807) is 0 Å². The largest absolute Gasteiger partial charge is 0.293 e. The summed E-state index contributed by atoms with van der Waals surface area (Å²) < 4.78 is 5.38. The highest BCUT2D eigenvalue weighted by Gasteiger charge is 2.33. The summed E-state index contributed by atoms with van der Waals surface area (Å²) >= 11 is 0. The molecule has 5 aromatic carbocycles. The van der Waals surface area contributed by atoms with Gasteiger partial charge in [0.2, 0.25) is 0 Å². The van der Waals surface area contributed by atoms with E-state index in [1.165, 1.54) is 55.2 Å². The highest BCUT2D eigenvalue weighted by Crippen LogP contribution is 2.46. The van der Waals surface area contributed by atoms with Crippen molar-refractivity contribution in [1.29, 1.82) is 0 Å². The Morgan fingerprint density at radius 3 is 1.79 bits per heavy atom. The van der Waals surface area contributed by atoms with E-state index in [9.17, 15) is 0 Å². The molecule has 0 aliphatic heterocycles. The molecule has 3 heterocycles. The summed E-state index contributed by atoms with van der Waals surface area (Å²) in [7, 11) is 2.26. The van der Waals surface area contributed by atoms with Crippen molar-refractivity contribution in [2.45, 2.75) is 0 Å². The molecule has 3 nitrogen and oxygen atoms in total. The first kappa shape index (κ1) is 21.1. The van der Waals surface area contributed by atoms with Crippen LogP contribution in [0, 0.1) is 12.3 Å². The predicted octanol–water partition coefficient (Wildman–Crippen LogP) is 8.67. The topological polar surface area (TPSA) is 8.82 Å². The molecule has 3 aromatic heterocycles. The number of imidazole rings is 1. The van der Waals surface area contributed by atoms with E-state index < -0.39 is 0 Å². The third-order valence-electron chi connectivity index (χ3n) is 8.25. The number of fused-ring (bicyclic) bond motifs is 9. The molecular weight excluding hydrogens is 462 g/mol. The molecule has 0 bridgehead atoms. The number of nitrogens with zero attached hydrogens (tertiary/aromatic N) is 3. The lowest BCUT2D eigenvalue weighted by Crippen LogP contribution is -2.33. The zero-order chi connectivity index (χ0) is 25.4. The number of terminal acetylenes is 1. The average Bonchev–Trinajstić information content (AvgIpc) is 3.61. The van der Waals surface area contributed by atoms with Gasteiger partial charge in [0.05, 0.1) is 29.1 Å². The zero-order valence-corrected chi connectivity index (χ0v) is 21.0. The van der Waals surface area contributed by atoms with Crippen LogP contribution in [0.4, 0.5) is 17.1 Å². The van der Waals surface area contributed by atoms with E-state index in [0.29, 0.717) is 4.48 Å². The van der Waals surface area contributed by atoms with Crippen LogP contribution in [-0.4, -0.2) is 15.8 Å². The number of quaternary nitrogens is 1. The molecule has 0 spiro atoms. The van der Waals surface area contributed by atoms with Crippen molar-refractivity contribution in [2.75, 3.05) is 7.05 Å². The van der Waals surface area contributed by atoms with Crippen LogP contribution >= 0.6 is 0 Å². The van der Waals surface area contributed by atoms with Gasteiger partial charge < -0.3 is 0 Å². The monoisotopic (exact) mass is 486 g/mol. The van der Waals surface area contributed by atoms with E-state index >= 15 is 0 Å². The number of hydrogen-bond acceptors (Lipinski definition) is 0. The summed E-state index contributed by atoms with van der Waals surface area (Å²) in [6.45, 7) is 0. The predicted molar refractivity (Wildman–Crippen MR) is 160 cm³/mol. The lowest BCUT2D eigenvalue weighted by Gasteiger charge is -2.33. The van der Waals surface area contributed by atoms with Crippen molar-refractivity contribution in [3.63, 3.8) is 0 Å². The van der Waals surface area contributed by atoms with Crippen molar-refractivity contribution >= 4 is 60.9 Å². The number of para-hydroxylation sites is 4. The molecule has 0 amide bonds. The first-order valence-corrected chi connectivity index (χ1v) is 12.9. The molecule has 0 aliphatic carbocycles. The zero-order valence-electron chi connectivity index (χ0n) is 21.0. The summed E-state index contributed by atoms with van der Waals surface area (Å²) in [5, 5.41) is 3.85. The lowest BCUT2D eigenvalue weighted by atomic mass is 10.1. The Hall–Kier alpha value is -5.04. The highest BCUT2D eigenvalue weighted by atomic mass is 15.3. The Bertz CT molecular complexity index is 2180. The van der Waals surface area contributed by atoms with Gasteiger partial charge in [-0.25, -0.2) is 4.48 Å². The van der Waals surface area contributed by atoms with E-state index in [0.717, 1.165) is 11.3 Å². The number of hydrogen-bond donors (Lipinski definition) is 0. The van der Waals surface area contributed by atoms with Crippen molar-refractivity contribution < 1.29 is 0 Å². The lowest BCUT2D eigenvalue weighted by molar-refractivity contribution is 0.628. The molecule has 0 saturated heterocycles. The van der Waals surface area contributed by atoms with Crippen LogP contribution < -0.4 is 4.48 Å². The van der Waals surface area contributed by atoms with Gasteiger partial charge >= 0.3 is 0 Å². The van der Waals surface area contributed by atoms with Crippen molar-refractivity contribution in [3.8, 4) is 12.3 Å². The van der Waals surface area contributed by atoms with Crippen molar-refractivity contribution in [1.82, 2.24) is 13.3 Å². The van der Waals surface area contributed by atoms with Gasteiger partial charge in [0.1, 0.15) is 22.7 Å². The fourth-order valence-electron chi connectivity index (χ4n) is 6.37. The highest BCUT2D eigenvalue weighted by molar-refractivity contribution is 6.24. The average molecular weight is 487 g/mol. The first-order valence-electron chi connectivity index (χ1n) is 12.9. The SMILES string of the molecule is C#Cc1ccc([N+](C)(c2ccccc2)c2ccc3c(c2)c2c4ccccc4n4c5ccccc5n3c24)cc1. The van der Waals surface area contributed by atoms with Gasteiger partial charge in [0.15, 0.2) is 0 Å². The normalized spacial score (nSPS) is 13.6. The Morgan fingerprint density at radius 1 is 0.553 bits per heavy atom. The Kier molecular flexibility index (Phi) is 4.15. The molecule has 1 atom stereocenters. The Labute approximate surface area is 220 Å².